The lowest BCUT2D eigenvalue weighted by atomic mass is 10.2. The highest BCUT2D eigenvalue weighted by Crippen LogP contribution is 2.23. The van der Waals surface area contributed by atoms with Gasteiger partial charge in [0, 0.05) is 15.6 Å². The number of benzene rings is 3. The van der Waals surface area contributed by atoms with Crippen LogP contribution >= 0.6 is 15.9 Å². The van der Waals surface area contributed by atoms with E-state index < -0.39 is 5.97 Å². The first-order valence-corrected chi connectivity index (χ1v) is 9.92. The molecule has 7 nitrogen and oxygen atoms in total. The highest BCUT2D eigenvalue weighted by atomic mass is 79.9. The van der Waals surface area contributed by atoms with Crippen LogP contribution in [0, 0.1) is 0 Å². The zero-order chi connectivity index (χ0) is 22.2. The number of nitrogens with one attached hydrogen (secondary N) is 1. The van der Waals surface area contributed by atoms with E-state index in [0.29, 0.717) is 33.9 Å². The zero-order valence-corrected chi connectivity index (χ0v) is 18.4. The summed E-state index contributed by atoms with van der Waals surface area (Å²) in [6.45, 7) is 0. The minimum absolute atomic E-state index is 0.298. The van der Waals surface area contributed by atoms with Crippen LogP contribution in [0.5, 0.6) is 17.2 Å². The minimum Gasteiger partial charge on any atom is -0.497 e. The highest BCUT2D eigenvalue weighted by Gasteiger charge is 2.12. The predicted octanol–water partition coefficient (Wildman–Crippen LogP) is 4.45. The van der Waals surface area contributed by atoms with Gasteiger partial charge in [-0.2, -0.15) is 5.10 Å². The molecule has 0 aliphatic carbocycles. The van der Waals surface area contributed by atoms with Crippen LogP contribution in [0.4, 0.5) is 0 Å². The SMILES string of the molecule is COc1ccc(C(=O)N/N=C\c2cc(Br)ccc2OC(=O)c2ccc(OC)cc2)cc1. The molecule has 31 heavy (non-hydrogen) atoms. The largest absolute Gasteiger partial charge is 0.497 e. The molecule has 3 aromatic carbocycles. The number of hydrogen-bond acceptors (Lipinski definition) is 6. The van der Waals surface area contributed by atoms with E-state index >= 15 is 0 Å². The molecule has 8 heteroatoms. The molecule has 0 spiro atoms. The second kappa shape index (κ2) is 10.4. The molecule has 158 valence electrons. The van der Waals surface area contributed by atoms with Crippen molar-refractivity contribution >= 4 is 34.0 Å². The van der Waals surface area contributed by atoms with Gasteiger partial charge >= 0.3 is 5.97 Å². The summed E-state index contributed by atoms with van der Waals surface area (Å²) >= 11 is 3.38. The normalized spacial score (nSPS) is 10.5. The number of ether oxygens (including phenoxy) is 3. The van der Waals surface area contributed by atoms with Crippen LogP contribution in [-0.2, 0) is 0 Å². The van der Waals surface area contributed by atoms with Crippen LogP contribution in [-0.4, -0.2) is 32.3 Å². The molecule has 0 aliphatic heterocycles. The molecule has 0 fully saturated rings. The maximum absolute atomic E-state index is 12.5. The Hall–Kier alpha value is -3.65. The monoisotopic (exact) mass is 482 g/mol. The first-order chi connectivity index (χ1) is 15.0. The van der Waals surface area contributed by atoms with Crippen LogP contribution in [0.25, 0.3) is 0 Å². The smallest absolute Gasteiger partial charge is 0.343 e. The number of hydrogen-bond donors (Lipinski definition) is 1. The van der Waals surface area contributed by atoms with Crippen LogP contribution < -0.4 is 19.6 Å². The van der Waals surface area contributed by atoms with Crippen molar-refractivity contribution in [1.29, 1.82) is 0 Å². The fourth-order valence-corrected chi connectivity index (χ4v) is 2.95. The Morgan fingerprint density at radius 1 is 0.871 bits per heavy atom. The van der Waals surface area contributed by atoms with Crippen molar-refractivity contribution in [1.82, 2.24) is 5.43 Å². The average Bonchev–Trinajstić information content (AvgIpc) is 2.80. The van der Waals surface area contributed by atoms with Crippen LogP contribution in [0.3, 0.4) is 0 Å². The number of nitrogens with zero attached hydrogens (tertiary/aromatic N) is 1. The molecule has 3 aromatic rings. The number of carbonyl (C=O) groups excluding carboxylic acids is 2. The Kier molecular flexibility index (Phi) is 7.40. The maximum atomic E-state index is 12.5. The minimum atomic E-state index is -0.526. The van der Waals surface area contributed by atoms with Gasteiger partial charge in [0.2, 0.25) is 0 Å². The Labute approximate surface area is 187 Å². The number of amides is 1. The summed E-state index contributed by atoms with van der Waals surface area (Å²) in [5, 5.41) is 3.98. The molecule has 1 amide bonds. The number of rotatable bonds is 7. The lowest BCUT2D eigenvalue weighted by Crippen LogP contribution is -2.17. The van der Waals surface area contributed by atoms with Crippen LogP contribution in [0.1, 0.15) is 26.3 Å². The summed E-state index contributed by atoms with van der Waals surface area (Å²) < 4.78 is 16.4. The molecule has 0 bridgehead atoms. The molecule has 0 aromatic heterocycles. The first kappa shape index (κ1) is 22.0. The predicted molar refractivity (Wildman–Crippen MR) is 120 cm³/mol. The molecule has 0 radical (unpaired) electrons. The van der Waals surface area contributed by atoms with Crippen molar-refractivity contribution in [2.75, 3.05) is 14.2 Å². The van der Waals surface area contributed by atoms with Gasteiger partial charge in [0.25, 0.3) is 5.91 Å². The molecule has 3 rings (SSSR count). The lowest BCUT2D eigenvalue weighted by molar-refractivity contribution is 0.0734. The first-order valence-electron chi connectivity index (χ1n) is 9.13. The van der Waals surface area contributed by atoms with E-state index in [4.69, 9.17) is 14.2 Å². The van der Waals surface area contributed by atoms with E-state index in [1.807, 2.05) is 0 Å². The van der Waals surface area contributed by atoms with E-state index in [9.17, 15) is 9.59 Å². The van der Waals surface area contributed by atoms with Crippen molar-refractivity contribution in [3.63, 3.8) is 0 Å². The van der Waals surface area contributed by atoms with Crippen molar-refractivity contribution < 1.29 is 23.8 Å². The molecule has 0 saturated carbocycles. The van der Waals surface area contributed by atoms with E-state index in [1.165, 1.54) is 6.21 Å². The highest BCUT2D eigenvalue weighted by molar-refractivity contribution is 9.10. The van der Waals surface area contributed by atoms with Gasteiger partial charge in [-0.1, -0.05) is 15.9 Å². The Morgan fingerprint density at radius 3 is 2.03 bits per heavy atom. The van der Waals surface area contributed by atoms with E-state index in [0.717, 1.165) is 4.47 Å². The number of carbonyl (C=O) groups is 2. The molecule has 0 unspecified atom stereocenters. The van der Waals surface area contributed by atoms with Crippen molar-refractivity contribution in [3.8, 4) is 17.2 Å². The van der Waals surface area contributed by atoms with Crippen molar-refractivity contribution in [2.24, 2.45) is 5.10 Å². The Balaban J connectivity index is 1.71. The fourth-order valence-electron chi connectivity index (χ4n) is 2.57. The number of methoxy groups -OCH3 is 2. The summed E-state index contributed by atoms with van der Waals surface area (Å²) in [5.74, 6) is 0.678. The summed E-state index contributed by atoms with van der Waals surface area (Å²) in [6, 6.07) is 18.3. The van der Waals surface area contributed by atoms with Crippen LogP contribution in [0.15, 0.2) is 76.3 Å². The molecular formula is C23H19BrN2O5. The van der Waals surface area contributed by atoms with Gasteiger partial charge in [-0.3, -0.25) is 4.79 Å². The average molecular weight is 483 g/mol. The Bertz CT molecular complexity index is 1100. The van der Waals surface area contributed by atoms with Crippen molar-refractivity contribution in [3.05, 3.63) is 87.9 Å². The second-order valence-electron chi connectivity index (χ2n) is 6.23. The van der Waals surface area contributed by atoms with Crippen molar-refractivity contribution in [2.45, 2.75) is 0 Å². The van der Waals surface area contributed by atoms with Gasteiger partial charge in [0.1, 0.15) is 17.2 Å². The van der Waals surface area contributed by atoms with Gasteiger partial charge in [-0.25, -0.2) is 10.2 Å². The molecule has 1 N–H and O–H groups in total. The second-order valence-corrected chi connectivity index (χ2v) is 7.14. The quantitative estimate of drug-likeness (QED) is 0.232. The van der Waals surface area contributed by atoms with Gasteiger partial charge in [0.15, 0.2) is 0 Å². The van der Waals surface area contributed by atoms with Gasteiger partial charge < -0.3 is 14.2 Å². The summed E-state index contributed by atoms with van der Waals surface area (Å²) in [4.78, 5) is 24.7. The molecule has 0 aliphatic rings. The summed E-state index contributed by atoms with van der Waals surface area (Å²) in [6.07, 6.45) is 1.41. The topological polar surface area (TPSA) is 86.2 Å². The van der Waals surface area contributed by atoms with E-state index in [-0.39, 0.29) is 5.91 Å². The maximum Gasteiger partial charge on any atom is 0.343 e. The summed E-state index contributed by atoms with van der Waals surface area (Å²) in [5.41, 5.74) is 3.76. The number of hydrazone groups is 1. The molecule has 0 atom stereocenters. The van der Waals surface area contributed by atoms with Crippen LogP contribution in [0.2, 0.25) is 0 Å². The standard InChI is InChI=1S/C23H19BrN2O5/c1-29-19-8-3-15(4-9-19)22(27)26-25-14-17-13-18(24)7-12-21(17)31-23(28)16-5-10-20(30-2)11-6-16/h3-14H,1-2H3,(H,26,27)/b25-14-. The van der Waals surface area contributed by atoms with Gasteiger partial charge in [0.05, 0.1) is 26.0 Å². The van der Waals surface area contributed by atoms with E-state index in [2.05, 4.69) is 26.5 Å². The fraction of sp³-hybridized carbons (Fsp3) is 0.0870. The third-order valence-corrected chi connectivity index (χ3v) is 4.72. The van der Waals surface area contributed by atoms with E-state index in [1.54, 1.807) is 80.9 Å². The third kappa shape index (κ3) is 5.93. The molecular weight excluding hydrogens is 464 g/mol. The molecule has 0 heterocycles. The molecule has 0 saturated heterocycles. The van der Waals surface area contributed by atoms with Gasteiger partial charge in [-0.15, -0.1) is 0 Å². The number of halogens is 1. The lowest BCUT2D eigenvalue weighted by Gasteiger charge is -2.08. The summed E-state index contributed by atoms with van der Waals surface area (Å²) in [7, 11) is 3.10. The Morgan fingerprint density at radius 2 is 1.45 bits per heavy atom. The van der Waals surface area contributed by atoms with Gasteiger partial charge in [-0.05, 0) is 66.7 Å². The zero-order valence-electron chi connectivity index (χ0n) is 16.8. The third-order valence-electron chi connectivity index (χ3n) is 4.22. The number of esters is 1.